The number of allylic oxidation sites excluding steroid dienone is 7. The van der Waals surface area contributed by atoms with Gasteiger partial charge in [-0.15, -0.1) is 0 Å². The van der Waals surface area contributed by atoms with Crippen LogP contribution in [-0.2, 0) is 31.8 Å². The SMILES string of the molecule is CCN(CC)c1ccc(/C=C/C2=[N+](C)c3ccc(Cl)cc3C23CCCCC3)c(Br)c1.O=C1C=C(O)C(=NN=c2[n-]cc([N+](=O)[O-])s2)C=C1Cl.O=C1C=C(O)C(=NN=c2[n-]cc([N+](=O)[O-])s2)C=C1Cl.[Co]. The molecule has 18 nitrogen and oxygen atoms in total. The third-order valence-electron chi connectivity index (χ3n) is 10.8. The largest absolute Gasteiger partial charge is 0.506 e. The van der Waals surface area contributed by atoms with Gasteiger partial charge in [0.25, 0.3) is 0 Å². The third kappa shape index (κ3) is 13.2. The number of ketones is 2. The van der Waals surface area contributed by atoms with Gasteiger partial charge in [-0.3, -0.25) is 40.0 Å². The molecule has 0 saturated heterocycles. The van der Waals surface area contributed by atoms with Gasteiger partial charge in [0.2, 0.25) is 17.3 Å². The predicted octanol–water partition coefficient (Wildman–Crippen LogP) is 9.62. The normalized spacial score (nSPS) is 17.9. The van der Waals surface area contributed by atoms with Crippen molar-refractivity contribution in [3.8, 4) is 0 Å². The Morgan fingerprint density at radius 2 is 1.32 bits per heavy atom. The molecule has 0 atom stereocenters. The van der Waals surface area contributed by atoms with Crippen LogP contribution in [0.4, 0.5) is 21.4 Å². The minimum atomic E-state index is -0.600. The number of hydrogen-bond donors (Lipinski definition) is 2. The summed E-state index contributed by atoms with van der Waals surface area (Å²) in [5.41, 5.74) is 6.64. The number of fused-ring (bicyclic) bond motifs is 2. The number of anilines is 1. The summed E-state index contributed by atoms with van der Waals surface area (Å²) in [6, 6.07) is 13.1. The zero-order valence-electron chi connectivity index (χ0n) is 36.5. The summed E-state index contributed by atoms with van der Waals surface area (Å²) < 4.78 is 3.52. The minimum Gasteiger partial charge on any atom is -0.506 e. The molecule has 1 radical (unpaired) electrons. The number of carbonyl (C=O) groups excluding carboxylic acids is 2. The molecule has 4 aliphatic rings. The van der Waals surface area contributed by atoms with Crippen LogP contribution in [0, 0.1) is 20.2 Å². The molecule has 0 amide bonds. The van der Waals surface area contributed by atoms with E-state index in [1.54, 1.807) is 0 Å². The van der Waals surface area contributed by atoms with E-state index in [0.717, 1.165) is 82.0 Å². The zero-order chi connectivity index (χ0) is 49.3. The van der Waals surface area contributed by atoms with Crippen molar-refractivity contribution in [2.24, 2.45) is 20.4 Å². The fraction of sp³-hybridized carbons (Fsp3) is 0.250. The van der Waals surface area contributed by atoms with E-state index in [1.165, 1.54) is 60.3 Å². The molecule has 1 spiro atoms. The number of aromatic nitrogens is 2. The summed E-state index contributed by atoms with van der Waals surface area (Å²) in [7, 11) is 2.20. The Morgan fingerprint density at radius 1 is 0.797 bits per heavy atom. The fourth-order valence-corrected chi connectivity index (χ4v) is 9.62. The van der Waals surface area contributed by atoms with Gasteiger partial charge in [-0.2, -0.15) is 4.58 Å². The van der Waals surface area contributed by atoms with Crippen LogP contribution in [0.25, 0.3) is 6.08 Å². The van der Waals surface area contributed by atoms with Crippen LogP contribution in [0.15, 0.2) is 126 Å². The van der Waals surface area contributed by atoms with Gasteiger partial charge in [-0.05, 0) is 74.7 Å². The molecule has 1 saturated carbocycles. The molecule has 2 aromatic carbocycles. The molecule has 1 fully saturated rings. The summed E-state index contributed by atoms with van der Waals surface area (Å²) >= 11 is 22.9. The number of nitro groups is 2. The topological polar surface area (TPSA) is 245 Å². The number of aliphatic hydroxyl groups excluding tert-OH is 2. The molecule has 2 aromatic heterocycles. The quantitative estimate of drug-likeness (QED) is 0.0691. The summed E-state index contributed by atoms with van der Waals surface area (Å²) in [4.78, 5) is 51.7. The van der Waals surface area contributed by atoms with Gasteiger partial charge in [0.1, 0.15) is 30.0 Å². The van der Waals surface area contributed by atoms with Crippen LogP contribution in [-0.4, -0.2) is 73.5 Å². The molecule has 69 heavy (non-hydrogen) atoms. The maximum atomic E-state index is 11.1. The first-order valence-corrected chi connectivity index (χ1v) is 24.1. The van der Waals surface area contributed by atoms with Gasteiger partial charge in [0.05, 0.1) is 25.3 Å². The van der Waals surface area contributed by atoms with Gasteiger partial charge < -0.3 is 35.3 Å². The first-order valence-electron chi connectivity index (χ1n) is 20.5. The molecule has 1 aliphatic heterocycles. The molecule has 363 valence electrons. The van der Waals surface area contributed by atoms with Crippen LogP contribution in [0.1, 0.15) is 57.1 Å². The van der Waals surface area contributed by atoms with Crippen LogP contribution >= 0.6 is 73.4 Å². The van der Waals surface area contributed by atoms with E-state index in [4.69, 9.17) is 34.8 Å². The molecule has 4 aromatic rings. The number of benzene rings is 2. The molecule has 8 rings (SSSR count). The zero-order valence-corrected chi connectivity index (χ0v) is 43.0. The van der Waals surface area contributed by atoms with Crippen molar-refractivity contribution in [1.29, 1.82) is 0 Å². The first kappa shape index (κ1) is 54.3. The second-order valence-electron chi connectivity index (χ2n) is 14.9. The van der Waals surface area contributed by atoms with Crippen molar-refractivity contribution in [2.45, 2.75) is 51.4 Å². The van der Waals surface area contributed by atoms with Crippen molar-refractivity contribution in [1.82, 2.24) is 9.97 Å². The van der Waals surface area contributed by atoms with Crippen LogP contribution < -0.4 is 24.5 Å². The number of halogens is 4. The molecule has 3 aliphatic carbocycles. The summed E-state index contributed by atoms with van der Waals surface area (Å²) in [5.74, 6) is -1.85. The maximum absolute atomic E-state index is 11.1. The van der Waals surface area contributed by atoms with E-state index in [0.29, 0.717) is 0 Å². The molecule has 3 heterocycles. The predicted molar refractivity (Wildman–Crippen MR) is 268 cm³/mol. The van der Waals surface area contributed by atoms with Crippen molar-refractivity contribution >= 4 is 130 Å². The maximum Gasteiger partial charge on any atom is 0.319 e. The Morgan fingerprint density at radius 3 is 1.78 bits per heavy atom. The van der Waals surface area contributed by atoms with Crippen LogP contribution in [0.3, 0.4) is 0 Å². The minimum absolute atomic E-state index is 0. The molecule has 25 heteroatoms. The van der Waals surface area contributed by atoms with E-state index < -0.39 is 21.4 Å². The third-order valence-corrected chi connectivity index (χ3v) is 14.0. The van der Waals surface area contributed by atoms with Crippen LogP contribution in [0.2, 0.25) is 5.02 Å². The van der Waals surface area contributed by atoms with E-state index in [9.17, 15) is 40.0 Å². The van der Waals surface area contributed by atoms with Crippen molar-refractivity contribution in [3.05, 3.63) is 151 Å². The van der Waals surface area contributed by atoms with E-state index in [1.807, 2.05) is 6.07 Å². The van der Waals surface area contributed by atoms with Crippen LogP contribution in [0.5, 0.6) is 0 Å². The van der Waals surface area contributed by atoms with Gasteiger partial charge in [-0.1, -0.05) is 98.7 Å². The Labute approximate surface area is 435 Å². The molecular weight excluding hydrogens is 1110 g/mol. The standard InChI is InChI=1S/C26H31BrClN2.2C9H5ClN4O4S.Co/c1-4-30(5-2)21-12-9-19(23(27)18-21)10-14-25-26(15-7-6-8-16-26)22-17-20(28)11-13-24(22)29(25)3;2*10-4-1-5(7(16)2-6(4)15)12-13-9-11-3-8(19-9)14(17)18;/h9-14,17-18H,4-8,15-16H2,1-3H3;2*1-3H,(H2,11,13,15,16);/q+1;;;/p-2. The van der Waals surface area contributed by atoms with Crippen molar-refractivity contribution in [3.63, 3.8) is 0 Å². The Kier molecular flexibility index (Phi) is 19.1. The molecule has 0 unspecified atom stereocenters. The van der Waals surface area contributed by atoms with E-state index >= 15 is 0 Å². The summed E-state index contributed by atoms with van der Waals surface area (Å²) in [6.45, 7) is 6.44. The molecule has 2 N–H and O–H groups in total. The van der Waals surface area contributed by atoms with E-state index in [2.05, 4.69) is 119 Å². The summed E-state index contributed by atoms with van der Waals surface area (Å²) in [5, 5.41) is 54.5. The monoisotopic (exact) mass is 1140 g/mol. The first-order chi connectivity index (χ1) is 32.4. The number of carbonyl (C=O) groups is 2. The van der Waals surface area contributed by atoms with Crippen molar-refractivity contribution in [2.75, 3.05) is 25.0 Å². The van der Waals surface area contributed by atoms with E-state index in [-0.39, 0.29) is 74.8 Å². The number of thiazole rings is 2. The second kappa shape index (κ2) is 24.3. The van der Waals surface area contributed by atoms with Gasteiger partial charge >= 0.3 is 10.0 Å². The Hall–Kier alpha value is -5.59. The average Bonchev–Trinajstić information content (AvgIpc) is 4.05. The van der Waals surface area contributed by atoms with Gasteiger partial charge in [-0.25, -0.2) is 0 Å². The second-order valence-corrected chi connectivity index (χ2v) is 19.0. The average molecular weight is 1150 g/mol. The number of hydrogen-bond acceptors (Lipinski definition) is 15. The Bertz CT molecular complexity index is 2960. The number of aliphatic hydroxyl groups is 2. The molecular formula is C44H39BrCl3CoN10O8S2-. The van der Waals surface area contributed by atoms with Gasteiger partial charge in [0, 0.05) is 96.9 Å². The number of rotatable bonds is 9. The number of nitrogens with zero attached hydrogens (tertiary/aromatic N) is 10. The fourth-order valence-electron chi connectivity index (χ4n) is 7.52. The molecule has 0 bridgehead atoms. The van der Waals surface area contributed by atoms with Gasteiger partial charge in [0.15, 0.2) is 5.71 Å². The Balaban J connectivity index is 0.000000200. The smallest absolute Gasteiger partial charge is 0.319 e. The van der Waals surface area contributed by atoms with Crippen molar-refractivity contribution < 1.29 is 51.0 Å². The summed E-state index contributed by atoms with van der Waals surface area (Å²) in [6.07, 6.45) is 17.1.